The number of fused-ring (bicyclic) bond motifs is 1. The molecule has 4 N–H and O–H groups in total. The van der Waals surface area contributed by atoms with Gasteiger partial charge >= 0.3 is 5.97 Å². The van der Waals surface area contributed by atoms with Gasteiger partial charge in [0.2, 0.25) is 0 Å². The van der Waals surface area contributed by atoms with Gasteiger partial charge in [-0.15, -0.1) is 0 Å². The van der Waals surface area contributed by atoms with Gasteiger partial charge in [-0.05, 0) is 25.8 Å². The van der Waals surface area contributed by atoms with E-state index in [4.69, 9.17) is 16.3 Å². The van der Waals surface area contributed by atoms with E-state index in [0.29, 0.717) is 6.42 Å². The van der Waals surface area contributed by atoms with Gasteiger partial charge in [-0.1, -0.05) is 17.7 Å². The van der Waals surface area contributed by atoms with Crippen molar-refractivity contribution in [1.29, 1.82) is 0 Å². The molecule has 0 radical (unpaired) electrons. The number of aromatic hydroxyl groups is 2. The quantitative estimate of drug-likeness (QED) is 0.503. The van der Waals surface area contributed by atoms with Crippen LogP contribution in [0.1, 0.15) is 42.1 Å². The molecule has 2 unspecified atom stereocenters. The van der Waals surface area contributed by atoms with Crippen LogP contribution in [0.3, 0.4) is 0 Å². The number of hydrogen-bond donors (Lipinski definition) is 4. The molecular weight excluding hydrogens is 364 g/mol. The van der Waals surface area contributed by atoms with Crippen LogP contribution in [-0.4, -0.2) is 50.5 Å². The van der Waals surface area contributed by atoms with E-state index in [2.05, 4.69) is 0 Å². The number of halogens is 1. The van der Waals surface area contributed by atoms with Crippen molar-refractivity contribution in [1.82, 2.24) is 0 Å². The fourth-order valence-electron chi connectivity index (χ4n) is 2.77. The van der Waals surface area contributed by atoms with Crippen LogP contribution in [0.25, 0.3) is 0 Å². The van der Waals surface area contributed by atoms with Crippen molar-refractivity contribution in [2.24, 2.45) is 0 Å². The number of rotatable bonds is 0. The average molecular weight is 385 g/mol. The maximum absolute atomic E-state index is 12.5. The summed E-state index contributed by atoms with van der Waals surface area (Å²) in [5.74, 6) is -2.38. The first-order valence-corrected chi connectivity index (χ1v) is 8.58. The summed E-state index contributed by atoms with van der Waals surface area (Å²) in [7, 11) is 0. The molecule has 0 saturated heterocycles. The lowest BCUT2D eigenvalue weighted by molar-refractivity contribution is -0.114. The largest absolute Gasteiger partial charge is 0.507 e. The predicted octanol–water partition coefficient (Wildman–Crippen LogP) is 1.87. The Balaban J connectivity index is 2.46. The Hall–Kier alpha value is -2.09. The molecule has 7 nitrogen and oxygen atoms in total. The number of allylic oxidation sites excluding steroid dienone is 2. The maximum Gasteiger partial charge on any atom is 0.342 e. The van der Waals surface area contributed by atoms with E-state index in [1.54, 1.807) is 6.08 Å². The van der Waals surface area contributed by atoms with E-state index in [1.165, 1.54) is 13.0 Å². The van der Waals surface area contributed by atoms with Crippen molar-refractivity contribution >= 4 is 23.4 Å². The number of cyclic esters (lactones) is 1. The van der Waals surface area contributed by atoms with Gasteiger partial charge in [0.15, 0.2) is 5.78 Å². The SMILES string of the molecule is C[C@@H]1CC(O)C(O)CC/C=C/C(=O)Cc2c(Cl)c(O)cc(O)c2C(=O)O1. The first-order chi connectivity index (χ1) is 12.2. The minimum atomic E-state index is -1.11. The molecule has 8 heteroatoms. The summed E-state index contributed by atoms with van der Waals surface area (Å²) < 4.78 is 5.21. The van der Waals surface area contributed by atoms with Crippen LogP contribution in [0.15, 0.2) is 18.2 Å². The molecule has 1 aromatic rings. The summed E-state index contributed by atoms with van der Waals surface area (Å²) in [6, 6.07) is 0.898. The molecule has 142 valence electrons. The Labute approximate surface area is 155 Å². The predicted molar refractivity (Wildman–Crippen MR) is 93.4 cm³/mol. The zero-order valence-corrected chi connectivity index (χ0v) is 14.9. The fourth-order valence-corrected chi connectivity index (χ4v) is 2.99. The zero-order chi connectivity index (χ0) is 19.4. The summed E-state index contributed by atoms with van der Waals surface area (Å²) in [5, 5.41) is 39.5. The van der Waals surface area contributed by atoms with E-state index >= 15 is 0 Å². The molecule has 1 aliphatic rings. The monoisotopic (exact) mass is 384 g/mol. The van der Waals surface area contributed by atoms with Crippen LogP contribution in [0.5, 0.6) is 11.5 Å². The highest BCUT2D eigenvalue weighted by Gasteiger charge is 2.27. The molecule has 1 aromatic carbocycles. The van der Waals surface area contributed by atoms with Gasteiger partial charge in [-0.2, -0.15) is 0 Å². The van der Waals surface area contributed by atoms with Crippen LogP contribution in [0, 0.1) is 0 Å². The second-order valence-corrected chi connectivity index (χ2v) is 6.67. The summed E-state index contributed by atoms with van der Waals surface area (Å²) >= 11 is 6.03. The van der Waals surface area contributed by atoms with Gasteiger partial charge in [0.05, 0.1) is 17.2 Å². The van der Waals surface area contributed by atoms with E-state index in [-0.39, 0.29) is 35.4 Å². The van der Waals surface area contributed by atoms with Gasteiger partial charge in [-0.3, -0.25) is 4.79 Å². The highest BCUT2D eigenvalue weighted by atomic mass is 35.5. The number of ketones is 1. The molecule has 0 bridgehead atoms. The van der Waals surface area contributed by atoms with E-state index in [9.17, 15) is 30.0 Å². The third-order valence-electron chi connectivity index (χ3n) is 4.13. The molecular formula is C18H21ClO7. The number of aliphatic hydroxyl groups excluding tert-OH is 2. The van der Waals surface area contributed by atoms with E-state index in [1.807, 2.05) is 0 Å². The number of ether oxygens (including phenoxy) is 1. The first-order valence-electron chi connectivity index (χ1n) is 8.20. The minimum Gasteiger partial charge on any atom is -0.507 e. The first kappa shape index (κ1) is 20.2. The molecule has 0 saturated carbocycles. The summed E-state index contributed by atoms with van der Waals surface area (Å²) in [5.41, 5.74) is -0.345. The lowest BCUT2D eigenvalue weighted by Gasteiger charge is -2.22. The number of carbonyl (C=O) groups excluding carboxylic acids is 2. The highest BCUT2D eigenvalue weighted by molar-refractivity contribution is 6.33. The number of benzene rings is 1. The molecule has 0 aromatic heterocycles. The standard InChI is InChI=1S/C18H21ClO7/c1-9-6-13(22)12(21)5-3-2-4-10(20)7-11-16(18(25)26-9)14(23)8-15(24)17(11)19/h2,4,8-9,12-13,21-24H,3,5-7H2,1H3/b4-2+/t9-,12?,13?/m1/s1. The Morgan fingerprint density at radius 3 is 2.54 bits per heavy atom. The van der Waals surface area contributed by atoms with Crippen molar-refractivity contribution < 1.29 is 34.8 Å². The maximum atomic E-state index is 12.5. The van der Waals surface area contributed by atoms with Crippen LogP contribution in [0.2, 0.25) is 5.02 Å². The topological polar surface area (TPSA) is 124 Å². The van der Waals surface area contributed by atoms with Crippen molar-refractivity contribution in [3.8, 4) is 11.5 Å². The number of hydrogen-bond acceptors (Lipinski definition) is 7. The number of esters is 1. The number of carbonyl (C=O) groups is 2. The van der Waals surface area contributed by atoms with Crippen LogP contribution in [-0.2, 0) is 16.0 Å². The third kappa shape index (κ3) is 4.75. The molecule has 0 amide bonds. The zero-order valence-electron chi connectivity index (χ0n) is 14.2. The molecule has 3 atom stereocenters. The highest BCUT2D eigenvalue weighted by Crippen LogP contribution is 2.37. The van der Waals surface area contributed by atoms with Crippen molar-refractivity contribution in [2.45, 2.75) is 50.9 Å². The fraction of sp³-hybridized carbons (Fsp3) is 0.444. The lowest BCUT2D eigenvalue weighted by atomic mass is 9.98. The number of aliphatic hydroxyl groups is 2. The van der Waals surface area contributed by atoms with Gasteiger partial charge in [-0.25, -0.2) is 4.79 Å². The van der Waals surface area contributed by atoms with Gasteiger partial charge < -0.3 is 25.2 Å². The Morgan fingerprint density at radius 2 is 1.85 bits per heavy atom. The molecule has 0 aliphatic carbocycles. The summed E-state index contributed by atoms with van der Waals surface area (Å²) in [6.07, 6.45) is 0.198. The van der Waals surface area contributed by atoms with Gasteiger partial charge in [0.25, 0.3) is 0 Å². The van der Waals surface area contributed by atoms with E-state index < -0.39 is 41.6 Å². The summed E-state index contributed by atoms with van der Waals surface area (Å²) in [6.45, 7) is 1.53. The minimum absolute atomic E-state index is 0.00252. The van der Waals surface area contributed by atoms with Crippen LogP contribution in [0.4, 0.5) is 0 Å². The van der Waals surface area contributed by atoms with Gasteiger partial charge in [0, 0.05) is 24.5 Å². The van der Waals surface area contributed by atoms with E-state index in [0.717, 1.165) is 6.07 Å². The summed E-state index contributed by atoms with van der Waals surface area (Å²) in [4.78, 5) is 24.6. The molecule has 0 fully saturated rings. The Morgan fingerprint density at radius 1 is 1.15 bits per heavy atom. The normalized spacial score (nSPS) is 26.5. The molecule has 0 spiro atoms. The van der Waals surface area contributed by atoms with Crippen LogP contribution >= 0.6 is 11.6 Å². The van der Waals surface area contributed by atoms with Crippen molar-refractivity contribution in [2.75, 3.05) is 0 Å². The number of phenolic OH excluding ortho intramolecular Hbond substituents is 2. The van der Waals surface area contributed by atoms with Gasteiger partial charge in [0.1, 0.15) is 23.2 Å². The second kappa shape index (κ2) is 8.53. The molecule has 26 heavy (non-hydrogen) atoms. The van der Waals surface area contributed by atoms with Crippen molar-refractivity contribution in [3.05, 3.63) is 34.4 Å². The Bertz CT molecular complexity index is 729. The smallest absolute Gasteiger partial charge is 0.342 e. The average Bonchev–Trinajstić information content (AvgIpc) is 2.54. The lowest BCUT2D eigenvalue weighted by Crippen LogP contribution is -2.31. The molecule has 2 rings (SSSR count). The molecule has 1 heterocycles. The Kier molecular flexibility index (Phi) is 6.63. The molecule has 1 aliphatic heterocycles. The second-order valence-electron chi connectivity index (χ2n) is 6.29. The third-order valence-corrected chi connectivity index (χ3v) is 4.56. The number of phenols is 2. The van der Waals surface area contributed by atoms with Crippen molar-refractivity contribution in [3.63, 3.8) is 0 Å². The van der Waals surface area contributed by atoms with Crippen LogP contribution < -0.4 is 0 Å².